The Bertz CT molecular complexity index is 1230. The summed E-state index contributed by atoms with van der Waals surface area (Å²) in [5, 5.41) is 22.1. The van der Waals surface area contributed by atoms with Crippen LogP contribution in [0.3, 0.4) is 0 Å². The molecule has 0 bridgehead atoms. The number of halogens is 1. The van der Waals surface area contributed by atoms with E-state index in [4.69, 9.17) is 8.92 Å². The van der Waals surface area contributed by atoms with Crippen molar-refractivity contribution in [1.82, 2.24) is 14.9 Å². The van der Waals surface area contributed by atoms with E-state index in [1.165, 1.54) is 6.07 Å². The molecule has 8 nitrogen and oxygen atoms in total. The minimum absolute atomic E-state index is 0.0815. The summed E-state index contributed by atoms with van der Waals surface area (Å²) in [5.41, 5.74) is 1.81. The third-order valence-electron chi connectivity index (χ3n) is 5.27. The van der Waals surface area contributed by atoms with Gasteiger partial charge >= 0.3 is 6.09 Å². The molecule has 2 heterocycles. The first-order valence-electron chi connectivity index (χ1n) is 10.9. The quantitative estimate of drug-likeness (QED) is 0.339. The molecule has 1 aliphatic heterocycles. The monoisotopic (exact) mass is 497 g/mol. The maximum atomic E-state index is 14.8. The number of benzene rings is 2. The number of aliphatic hydroxyl groups excluding tert-OH is 2. The third-order valence-corrected chi connectivity index (χ3v) is 6.09. The number of carbonyl (C=O) groups is 1. The van der Waals surface area contributed by atoms with E-state index in [1.807, 2.05) is 0 Å². The summed E-state index contributed by atoms with van der Waals surface area (Å²) in [7, 11) is 0. The zero-order valence-corrected chi connectivity index (χ0v) is 19.7. The molecular weight excluding hydrogens is 473 g/mol. The van der Waals surface area contributed by atoms with Crippen LogP contribution in [0.2, 0.25) is 0 Å². The van der Waals surface area contributed by atoms with Gasteiger partial charge in [-0.2, -0.15) is 0 Å². The smallest absolute Gasteiger partial charge is 0.419 e. The standard InChI is InChI=1S/C25H24FN3O5S/c1-16(31)24-27-10-11-29(24)19(14-30)7-4-17-2-5-18(6-3-17)22-9-8-20(12-23(22)26)33-15-21-13-28-25(32)34-35-21/h2-3,5-6,8-12,16,19,21,30-31H,13-15H2,1H3,(H,28,32)/t16-,19-,21?/m0/s1. The first-order chi connectivity index (χ1) is 16.9. The van der Waals surface area contributed by atoms with Gasteiger partial charge in [0.15, 0.2) is 0 Å². The van der Waals surface area contributed by atoms with Gasteiger partial charge in [0.25, 0.3) is 0 Å². The van der Waals surface area contributed by atoms with Crippen LogP contribution >= 0.6 is 12.0 Å². The molecule has 0 saturated carbocycles. The number of carbonyl (C=O) groups excluding carboxylic acids is 1. The van der Waals surface area contributed by atoms with E-state index in [2.05, 4.69) is 22.1 Å². The van der Waals surface area contributed by atoms with Gasteiger partial charge in [0.1, 0.15) is 36.1 Å². The molecule has 3 N–H and O–H groups in total. The Morgan fingerprint density at radius 3 is 2.80 bits per heavy atom. The van der Waals surface area contributed by atoms with E-state index >= 15 is 0 Å². The van der Waals surface area contributed by atoms with Gasteiger partial charge in [0.05, 0.1) is 23.9 Å². The Labute approximate surface area is 206 Å². The number of aliphatic hydroxyl groups is 2. The van der Waals surface area contributed by atoms with Crippen LogP contribution in [0, 0.1) is 17.7 Å². The molecule has 1 fully saturated rings. The summed E-state index contributed by atoms with van der Waals surface area (Å²) in [5.74, 6) is 6.39. The Hall–Kier alpha value is -3.52. The van der Waals surface area contributed by atoms with E-state index < -0.39 is 24.1 Å². The van der Waals surface area contributed by atoms with Gasteiger partial charge in [-0.1, -0.05) is 24.0 Å². The van der Waals surface area contributed by atoms with E-state index in [1.54, 1.807) is 60.3 Å². The van der Waals surface area contributed by atoms with Crippen molar-refractivity contribution in [1.29, 1.82) is 0 Å². The summed E-state index contributed by atoms with van der Waals surface area (Å²) >= 11 is 1.03. The highest BCUT2D eigenvalue weighted by Crippen LogP contribution is 2.27. The Balaban J connectivity index is 1.41. The predicted octanol–water partition coefficient (Wildman–Crippen LogP) is 3.46. The molecule has 3 atom stereocenters. The Morgan fingerprint density at radius 1 is 1.34 bits per heavy atom. The van der Waals surface area contributed by atoms with E-state index in [-0.39, 0.29) is 18.5 Å². The topological polar surface area (TPSA) is 106 Å². The predicted molar refractivity (Wildman–Crippen MR) is 129 cm³/mol. The largest absolute Gasteiger partial charge is 0.492 e. The minimum Gasteiger partial charge on any atom is -0.492 e. The normalized spacial score (nSPS) is 16.9. The zero-order chi connectivity index (χ0) is 24.8. The van der Waals surface area contributed by atoms with E-state index in [0.717, 1.165) is 12.0 Å². The molecule has 182 valence electrons. The number of hydrogen-bond donors (Lipinski definition) is 3. The number of hydrogen-bond acceptors (Lipinski definition) is 7. The molecule has 2 aromatic carbocycles. The lowest BCUT2D eigenvalue weighted by Gasteiger charge is -2.21. The summed E-state index contributed by atoms with van der Waals surface area (Å²) in [6.45, 7) is 2.05. The summed E-state index contributed by atoms with van der Waals surface area (Å²) in [6.07, 6.45) is 1.95. The number of ether oxygens (including phenoxy) is 1. The molecule has 0 spiro atoms. The molecule has 10 heteroatoms. The molecule has 3 aromatic rings. The maximum Gasteiger partial charge on any atom is 0.419 e. The molecule has 1 saturated heterocycles. The molecule has 1 aromatic heterocycles. The van der Waals surface area contributed by atoms with Crippen LogP contribution in [-0.2, 0) is 4.18 Å². The fraction of sp³-hybridized carbons (Fsp3) is 0.280. The molecule has 35 heavy (non-hydrogen) atoms. The van der Waals surface area contributed by atoms with E-state index in [0.29, 0.717) is 34.8 Å². The van der Waals surface area contributed by atoms with Crippen molar-refractivity contribution in [2.24, 2.45) is 0 Å². The highest BCUT2D eigenvalue weighted by molar-refractivity contribution is 7.95. The van der Waals surface area contributed by atoms with Crippen molar-refractivity contribution in [2.75, 3.05) is 19.8 Å². The van der Waals surface area contributed by atoms with Crippen LogP contribution in [0.4, 0.5) is 9.18 Å². The Kier molecular flexibility index (Phi) is 7.92. The average molecular weight is 498 g/mol. The number of nitrogens with one attached hydrogen (secondary N) is 1. The number of aromatic nitrogens is 2. The molecule has 1 aliphatic rings. The van der Waals surface area contributed by atoms with Gasteiger partial charge in [-0.05, 0) is 36.8 Å². The number of nitrogens with zero attached hydrogens (tertiary/aromatic N) is 2. The molecular formula is C25H24FN3O5S. The maximum absolute atomic E-state index is 14.8. The fourth-order valence-electron chi connectivity index (χ4n) is 3.48. The third kappa shape index (κ3) is 6.14. The van der Waals surface area contributed by atoms with Crippen LogP contribution in [0.5, 0.6) is 5.75 Å². The van der Waals surface area contributed by atoms with Crippen molar-refractivity contribution >= 4 is 18.1 Å². The fourth-order valence-corrected chi connectivity index (χ4v) is 4.04. The van der Waals surface area contributed by atoms with Crippen LogP contribution in [0.15, 0.2) is 54.9 Å². The summed E-state index contributed by atoms with van der Waals surface area (Å²) in [6, 6.07) is 11.2. The molecule has 1 unspecified atom stereocenters. The van der Waals surface area contributed by atoms with Crippen molar-refractivity contribution in [3.8, 4) is 28.7 Å². The lowest BCUT2D eigenvalue weighted by atomic mass is 10.0. The zero-order valence-electron chi connectivity index (χ0n) is 18.8. The SMILES string of the molecule is C[C@H](O)c1nccn1[C@@H](C#Cc1ccc(-c2ccc(OCC3CNC(=O)OS3)cc2F)cc1)CO. The molecule has 0 aliphatic carbocycles. The van der Waals surface area contributed by atoms with Gasteiger partial charge in [-0.25, -0.2) is 14.2 Å². The number of rotatable bonds is 7. The summed E-state index contributed by atoms with van der Waals surface area (Å²) in [4.78, 5) is 15.1. The second-order valence-corrected chi connectivity index (χ2v) is 8.86. The second-order valence-electron chi connectivity index (χ2n) is 7.84. The highest BCUT2D eigenvalue weighted by atomic mass is 32.2. The number of imidazole rings is 1. The van der Waals surface area contributed by atoms with Gasteiger partial charge < -0.3 is 29.0 Å². The lowest BCUT2D eigenvalue weighted by Crippen LogP contribution is -2.38. The first-order valence-corrected chi connectivity index (χ1v) is 11.7. The van der Waals surface area contributed by atoms with Crippen LogP contribution in [-0.4, -0.2) is 50.9 Å². The molecule has 4 rings (SSSR count). The van der Waals surface area contributed by atoms with Crippen LogP contribution < -0.4 is 10.1 Å². The van der Waals surface area contributed by atoms with Crippen LogP contribution in [0.1, 0.15) is 30.5 Å². The molecule has 1 amide bonds. The van der Waals surface area contributed by atoms with Gasteiger partial charge in [-0.15, -0.1) is 0 Å². The number of amides is 1. The van der Waals surface area contributed by atoms with Crippen molar-refractivity contribution in [3.05, 3.63) is 72.1 Å². The minimum atomic E-state index is -0.783. The molecule has 0 radical (unpaired) electrons. The first kappa shape index (κ1) is 24.6. The van der Waals surface area contributed by atoms with Crippen molar-refractivity contribution in [2.45, 2.75) is 24.3 Å². The van der Waals surface area contributed by atoms with Crippen molar-refractivity contribution in [3.63, 3.8) is 0 Å². The van der Waals surface area contributed by atoms with Gasteiger partial charge in [-0.3, -0.25) is 0 Å². The van der Waals surface area contributed by atoms with Gasteiger partial charge in [0.2, 0.25) is 0 Å². The van der Waals surface area contributed by atoms with Gasteiger partial charge in [0, 0.05) is 36.1 Å². The second kappa shape index (κ2) is 11.3. The van der Waals surface area contributed by atoms with E-state index in [9.17, 15) is 19.4 Å². The highest BCUT2D eigenvalue weighted by Gasteiger charge is 2.21. The average Bonchev–Trinajstić information content (AvgIpc) is 3.35. The summed E-state index contributed by atoms with van der Waals surface area (Å²) < 4.78 is 26.9. The van der Waals surface area contributed by atoms with Crippen LogP contribution in [0.25, 0.3) is 11.1 Å². The lowest BCUT2D eigenvalue weighted by molar-refractivity contribution is 0.176. The Morgan fingerprint density at radius 2 is 2.14 bits per heavy atom. The van der Waals surface area contributed by atoms with Crippen molar-refractivity contribution < 1.29 is 28.3 Å².